The van der Waals surface area contributed by atoms with Crippen molar-refractivity contribution in [2.24, 2.45) is 11.8 Å². The molecule has 1 aromatic heterocycles. The van der Waals surface area contributed by atoms with Crippen molar-refractivity contribution in [3.8, 4) is 22.0 Å². The fourth-order valence-corrected chi connectivity index (χ4v) is 5.71. The van der Waals surface area contributed by atoms with Gasteiger partial charge in [0, 0.05) is 17.7 Å². The summed E-state index contributed by atoms with van der Waals surface area (Å²) >= 11 is 1.38. The monoisotopic (exact) mass is 502 g/mol. The van der Waals surface area contributed by atoms with Gasteiger partial charge < -0.3 is 10.0 Å². The number of carbonyl (C=O) groups is 1. The molecule has 4 rings (SSSR count). The van der Waals surface area contributed by atoms with E-state index in [1.54, 1.807) is 0 Å². The smallest absolute Gasteiger partial charge is 0.306 e. The van der Waals surface area contributed by atoms with Gasteiger partial charge in [0.25, 0.3) is 0 Å². The maximum atomic E-state index is 11.2. The lowest BCUT2D eigenvalue weighted by Gasteiger charge is -2.30. The topological polar surface area (TPSA) is 70.7 Å². The summed E-state index contributed by atoms with van der Waals surface area (Å²) in [6.07, 6.45) is 4.18. The zero-order chi connectivity index (χ0) is 25.7. The summed E-state index contributed by atoms with van der Waals surface area (Å²) in [4.78, 5) is 22.2. The van der Waals surface area contributed by atoms with E-state index in [-0.39, 0.29) is 5.92 Å². The van der Waals surface area contributed by atoms with Gasteiger partial charge in [-0.1, -0.05) is 51.1 Å². The molecule has 0 unspecified atom stereocenters. The highest BCUT2D eigenvalue weighted by Crippen LogP contribution is 2.33. The van der Waals surface area contributed by atoms with Crippen molar-refractivity contribution in [3.63, 3.8) is 0 Å². The molecule has 3 aromatic rings. The second-order valence-electron chi connectivity index (χ2n) is 9.98. The average molecular weight is 503 g/mol. The molecule has 0 aliphatic carbocycles. The largest absolute Gasteiger partial charge is 0.481 e. The molecule has 0 saturated carbocycles. The molecular formula is C29H34N4O2S. The molecule has 0 bridgehead atoms. The van der Waals surface area contributed by atoms with Gasteiger partial charge in [0.05, 0.1) is 12.5 Å². The molecule has 0 atom stereocenters. The lowest BCUT2D eigenvalue weighted by atomic mass is 9.94. The van der Waals surface area contributed by atoms with Gasteiger partial charge in [0.15, 0.2) is 11.5 Å². The van der Waals surface area contributed by atoms with E-state index in [1.165, 1.54) is 22.7 Å². The Balaban J connectivity index is 1.51. The zero-order valence-corrected chi connectivity index (χ0v) is 22.1. The first-order chi connectivity index (χ1) is 17.4. The Morgan fingerprint density at radius 2 is 2.00 bits per heavy atom. The number of hydrogen-bond donors (Lipinski definition) is 1. The molecule has 0 spiro atoms. The summed E-state index contributed by atoms with van der Waals surface area (Å²) < 4.78 is 4.70. The van der Waals surface area contributed by atoms with Crippen molar-refractivity contribution in [3.05, 3.63) is 64.5 Å². The molecule has 1 saturated heterocycles. The quantitative estimate of drug-likeness (QED) is 0.337. The van der Waals surface area contributed by atoms with E-state index in [9.17, 15) is 9.90 Å². The van der Waals surface area contributed by atoms with E-state index in [0.29, 0.717) is 11.6 Å². The number of aliphatic carboxylic acids is 1. The first-order valence-corrected chi connectivity index (χ1v) is 13.6. The normalized spacial score (nSPS) is 14.8. The van der Waals surface area contributed by atoms with Gasteiger partial charge in [-0.25, -0.2) is 9.83 Å². The Bertz CT molecular complexity index is 1250. The number of piperidine rings is 1. The highest BCUT2D eigenvalue weighted by Gasteiger charge is 2.24. The molecular weight excluding hydrogens is 468 g/mol. The Labute approximate surface area is 218 Å². The molecule has 36 heavy (non-hydrogen) atoms. The van der Waals surface area contributed by atoms with Crippen molar-refractivity contribution >= 4 is 23.2 Å². The number of hydrogen-bond acceptors (Lipinski definition) is 5. The van der Waals surface area contributed by atoms with E-state index in [0.717, 1.165) is 79.3 Å². The molecule has 7 heteroatoms. The van der Waals surface area contributed by atoms with E-state index in [1.807, 2.05) is 6.07 Å². The number of rotatable bonds is 9. The molecule has 188 valence electrons. The number of benzene rings is 2. The predicted octanol–water partition coefficient (Wildman–Crippen LogP) is 6.52. The summed E-state index contributed by atoms with van der Waals surface area (Å²) in [7, 11) is 0. The average Bonchev–Trinajstić information content (AvgIpc) is 3.37. The SMILES string of the molecule is [C-]#[N+]c1cc(-c2nc(-c3cccc(CCN4CCC(C(=O)O)CC4)c3CC)ns2)ccc1CC(C)C. The van der Waals surface area contributed by atoms with Crippen LogP contribution in [0, 0.1) is 18.4 Å². The molecule has 6 nitrogen and oxygen atoms in total. The van der Waals surface area contributed by atoms with Crippen LogP contribution in [0.5, 0.6) is 0 Å². The second kappa shape index (κ2) is 11.8. The first kappa shape index (κ1) is 26.0. The fraction of sp³-hybridized carbons (Fsp3) is 0.448. The third-order valence-electron chi connectivity index (χ3n) is 7.01. The van der Waals surface area contributed by atoms with Crippen LogP contribution in [0.4, 0.5) is 5.69 Å². The van der Waals surface area contributed by atoms with Gasteiger partial charge in [-0.3, -0.25) is 4.79 Å². The van der Waals surface area contributed by atoms with Crippen LogP contribution in [0.2, 0.25) is 0 Å². The second-order valence-corrected chi connectivity index (χ2v) is 10.7. The van der Waals surface area contributed by atoms with Crippen LogP contribution < -0.4 is 0 Å². The third kappa shape index (κ3) is 6.00. The highest BCUT2D eigenvalue weighted by atomic mass is 32.1. The minimum Gasteiger partial charge on any atom is -0.481 e. The number of carboxylic acids is 1. The van der Waals surface area contributed by atoms with Crippen LogP contribution in [0.25, 0.3) is 26.8 Å². The van der Waals surface area contributed by atoms with Crippen LogP contribution in [-0.2, 0) is 24.1 Å². The lowest BCUT2D eigenvalue weighted by molar-refractivity contribution is -0.143. The number of carboxylic acid groups (broad SMARTS) is 1. The van der Waals surface area contributed by atoms with Crippen LogP contribution in [0.3, 0.4) is 0 Å². The summed E-state index contributed by atoms with van der Waals surface area (Å²) in [5.74, 6) is 0.382. The van der Waals surface area contributed by atoms with Crippen LogP contribution >= 0.6 is 11.5 Å². The number of nitrogens with zero attached hydrogens (tertiary/aromatic N) is 4. The number of likely N-dealkylation sites (tertiary alicyclic amines) is 1. The summed E-state index contributed by atoms with van der Waals surface area (Å²) in [6, 6.07) is 12.4. The molecule has 2 heterocycles. The molecule has 1 aliphatic heterocycles. The minimum absolute atomic E-state index is 0.196. The van der Waals surface area contributed by atoms with E-state index < -0.39 is 5.97 Å². The molecule has 1 fully saturated rings. The summed E-state index contributed by atoms with van der Waals surface area (Å²) in [5.41, 5.74) is 6.37. The fourth-order valence-electron chi connectivity index (χ4n) is 5.04. The maximum Gasteiger partial charge on any atom is 0.306 e. The highest BCUT2D eigenvalue weighted by molar-refractivity contribution is 7.09. The van der Waals surface area contributed by atoms with Gasteiger partial charge in [-0.05, 0) is 85.4 Å². The Kier molecular flexibility index (Phi) is 8.50. The Hall–Kier alpha value is -3.08. The van der Waals surface area contributed by atoms with E-state index >= 15 is 0 Å². The summed E-state index contributed by atoms with van der Waals surface area (Å²) in [5, 5.41) is 10.1. The minimum atomic E-state index is -0.664. The lowest BCUT2D eigenvalue weighted by Crippen LogP contribution is -2.37. The van der Waals surface area contributed by atoms with Gasteiger partial charge in [0.1, 0.15) is 5.01 Å². The first-order valence-electron chi connectivity index (χ1n) is 12.8. The van der Waals surface area contributed by atoms with Crippen molar-refractivity contribution in [1.82, 2.24) is 14.3 Å². The molecule has 0 amide bonds. The predicted molar refractivity (Wildman–Crippen MR) is 145 cm³/mol. The molecule has 1 aliphatic rings. The third-order valence-corrected chi connectivity index (χ3v) is 7.77. The van der Waals surface area contributed by atoms with Crippen molar-refractivity contribution in [2.45, 2.75) is 52.9 Å². The van der Waals surface area contributed by atoms with Crippen molar-refractivity contribution in [1.29, 1.82) is 0 Å². The van der Waals surface area contributed by atoms with Gasteiger partial charge >= 0.3 is 5.97 Å². The van der Waals surface area contributed by atoms with Gasteiger partial charge in [0.2, 0.25) is 0 Å². The molecule has 1 N–H and O–H groups in total. The van der Waals surface area contributed by atoms with Crippen LogP contribution in [0.15, 0.2) is 36.4 Å². The van der Waals surface area contributed by atoms with Crippen molar-refractivity contribution in [2.75, 3.05) is 19.6 Å². The Morgan fingerprint density at radius 1 is 1.22 bits per heavy atom. The molecule has 0 radical (unpaired) electrons. The van der Waals surface area contributed by atoms with Gasteiger partial charge in [-0.15, -0.1) is 0 Å². The van der Waals surface area contributed by atoms with Crippen LogP contribution in [-0.4, -0.2) is 45.0 Å². The summed E-state index contributed by atoms with van der Waals surface area (Å²) in [6.45, 7) is 16.7. The van der Waals surface area contributed by atoms with Gasteiger partial charge in [-0.2, -0.15) is 4.37 Å². The van der Waals surface area contributed by atoms with E-state index in [2.05, 4.69) is 60.8 Å². The van der Waals surface area contributed by atoms with Crippen molar-refractivity contribution < 1.29 is 9.90 Å². The maximum absolute atomic E-state index is 11.2. The Morgan fingerprint density at radius 3 is 2.67 bits per heavy atom. The zero-order valence-electron chi connectivity index (χ0n) is 21.3. The van der Waals surface area contributed by atoms with Crippen LogP contribution in [0.1, 0.15) is 50.3 Å². The number of aromatic nitrogens is 2. The van der Waals surface area contributed by atoms with E-state index in [4.69, 9.17) is 15.9 Å². The molecule has 2 aromatic carbocycles. The standard InChI is InChI=1S/C29H34N4O2S/c1-5-24-20(11-14-33-15-12-21(13-16-33)29(34)35)7-6-8-25(24)27-31-28(36-32-27)23-10-9-22(17-19(2)3)26(18-23)30-4/h6-10,18-19,21H,5,11-17H2,1-3H3,(H,34,35).